The summed E-state index contributed by atoms with van der Waals surface area (Å²) in [5.41, 5.74) is 10.5. The standard InChI is InChI=1S/C18H19N11O2S/c1-3-12(11-7-5-4-6-8-11)21-23-17(30)14-13(9-32-18-24-20-10-28(18)2)29(27-22-14)16-15(19)25-31-26-16/h4-8,10H,3,9H2,1-2H3,(H2,19,25)(H,23,30)/b21-12+. The van der Waals surface area contributed by atoms with Gasteiger partial charge in [0.2, 0.25) is 11.6 Å². The largest absolute Gasteiger partial charge is 0.378 e. The number of aromatic nitrogens is 8. The molecule has 0 aliphatic carbocycles. The minimum atomic E-state index is -0.526. The molecule has 164 valence electrons. The SMILES string of the molecule is CC/C(=N\NC(=O)c1nnn(-c2nonc2N)c1CSc1nncn1C)c1ccccc1. The zero-order chi connectivity index (χ0) is 22.5. The second kappa shape index (κ2) is 9.38. The maximum Gasteiger partial charge on any atom is 0.293 e. The van der Waals surface area contributed by atoms with Crippen LogP contribution >= 0.6 is 11.8 Å². The number of nitrogens with one attached hydrogen (secondary N) is 1. The van der Waals surface area contributed by atoms with E-state index in [0.717, 1.165) is 11.3 Å². The average Bonchev–Trinajstić information content (AvgIpc) is 3.53. The topological polar surface area (TPSA) is 168 Å². The number of rotatable bonds is 8. The Hall–Kier alpha value is -4.07. The highest BCUT2D eigenvalue weighted by atomic mass is 32.2. The first-order chi connectivity index (χ1) is 15.6. The number of amides is 1. The lowest BCUT2D eigenvalue weighted by Gasteiger charge is -2.06. The summed E-state index contributed by atoms with van der Waals surface area (Å²) in [6, 6.07) is 9.58. The van der Waals surface area contributed by atoms with Gasteiger partial charge in [-0.15, -0.1) is 15.3 Å². The highest BCUT2D eigenvalue weighted by molar-refractivity contribution is 7.98. The van der Waals surface area contributed by atoms with Crippen LogP contribution in [0.2, 0.25) is 0 Å². The Morgan fingerprint density at radius 3 is 2.72 bits per heavy atom. The Kier molecular flexibility index (Phi) is 6.21. The third kappa shape index (κ3) is 4.34. The van der Waals surface area contributed by atoms with Crippen molar-refractivity contribution < 1.29 is 9.42 Å². The lowest BCUT2D eigenvalue weighted by molar-refractivity contribution is 0.0949. The van der Waals surface area contributed by atoms with E-state index < -0.39 is 5.91 Å². The van der Waals surface area contributed by atoms with Crippen molar-refractivity contribution in [1.29, 1.82) is 0 Å². The summed E-state index contributed by atoms with van der Waals surface area (Å²) in [5, 5.41) is 28.2. The van der Waals surface area contributed by atoms with Crippen LogP contribution in [-0.4, -0.2) is 51.7 Å². The van der Waals surface area contributed by atoms with Crippen molar-refractivity contribution in [2.24, 2.45) is 12.1 Å². The third-order valence-electron chi connectivity index (χ3n) is 4.42. The molecule has 4 rings (SSSR count). The highest BCUT2D eigenvalue weighted by Gasteiger charge is 2.24. The van der Waals surface area contributed by atoms with E-state index in [1.165, 1.54) is 16.4 Å². The van der Waals surface area contributed by atoms with Crippen LogP contribution in [0.1, 0.15) is 35.1 Å². The summed E-state index contributed by atoms with van der Waals surface area (Å²) in [6.07, 6.45) is 2.21. The van der Waals surface area contributed by atoms with E-state index in [-0.39, 0.29) is 23.1 Å². The highest BCUT2D eigenvalue weighted by Crippen LogP contribution is 2.24. The van der Waals surface area contributed by atoms with Gasteiger partial charge < -0.3 is 10.3 Å². The van der Waals surface area contributed by atoms with Gasteiger partial charge in [-0.1, -0.05) is 54.2 Å². The average molecular weight is 453 g/mol. The van der Waals surface area contributed by atoms with Crippen LogP contribution in [0.15, 0.2) is 51.5 Å². The summed E-state index contributed by atoms with van der Waals surface area (Å²) in [6.45, 7) is 1.96. The Labute approximate surface area is 186 Å². The van der Waals surface area contributed by atoms with E-state index in [0.29, 0.717) is 17.3 Å². The van der Waals surface area contributed by atoms with E-state index in [4.69, 9.17) is 5.73 Å². The van der Waals surface area contributed by atoms with E-state index in [1.54, 1.807) is 10.9 Å². The molecule has 3 N–H and O–H groups in total. The first kappa shape index (κ1) is 21.2. The molecule has 0 unspecified atom stereocenters. The van der Waals surface area contributed by atoms with Crippen LogP contribution in [-0.2, 0) is 12.8 Å². The molecule has 14 heteroatoms. The number of nitrogens with two attached hydrogens (primary N) is 1. The van der Waals surface area contributed by atoms with Crippen molar-refractivity contribution in [3.8, 4) is 5.82 Å². The number of benzene rings is 1. The molecule has 3 heterocycles. The van der Waals surface area contributed by atoms with E-state index >= 15 is 0 Å². The number of hydrogen-bond acceptors (Lipinski definition) is 11. The Bertz CT molecular complexity index is 1240. The molecule has 32 heavy (non-hydrogen) atoms. The van der Waals surface area contributed by atoms with Crippen LogP contribution in [0.25, 0.3) is 5.82 Å². The van der Waals surface area contributed by atoms with Crippen molar-refractivity contribution in [1.82, 2.24) is 45.5 Å². The van der Waals surface area contributed by atoms with Crippen LogP contribution in [0.5, 0.6) is 0 Å². The van der Waals surface area contributed by atoms with Crippen molar-refractivity contribution in [2.45, 2.75) is 24.3 Å². The fourth-order valence-corrected chi connectivity index (χ4v) is 3.68. The van der Waals surface area contributed by atoms with E-state index in [9.17, 15) is 4.79 Å². The minimum Gasteiger partial charge on any atom is -0.378 e. The number of carbonyl (C=O) groups is 1. The molecule has 0 aliphatic heterocycles. The van der Waals surface area contributed by atoms with Gasteiger partial charge in [-0.2, -0.15) is 9.78 Å². The molecule has 1 aromatic carbocycles. The summed E-state index contributed by atoms with van der Waals surface area (Å²) in [4.78, 5) is 12.9. The summed E-state index contributed by atoms with van der Waals surface area (Å²) in [5.74, 6) is -0.103. The van der Waals surface area contributed by atoms with Gasteiger partial charge >= 0.3 is 0 Å². The number of carbonyl (C=O) groups excluding carboxylic acids is 1. The molecule has 13 nitrogen and oxygen atoms in total. The van der Waals surface area contributed by atoms with Crippen molar-refractivity contribution >= 4 is 29.2 Å². The first-order valence-electron chi connectivity index (χ1n) is 9.50. The second-order valence-corrected chi connectivity index (χ2v) is 7.44. The quantitative estimate of drug-likeness (QED) is 0.225. The minimum absolute atomic E-state index is 0.0159. The second-order valence-electron chi connectivity index (χ2n) is 6.50. The zero-order valence-electron chi connectivity index (χ0n) is 17.2. The molecule has 0 radical (unpaired) electrons. The first-order valence-corrected chi connectivity index (χ1v) is 10.5. The van der Waals surface area contributed by atoms with Crippen molar-refractivity contribution in [3.05, 3.63) is 53.6 Å². The van der Waals surface area contributed by atoms with Gasteiger partial charge in [0.05, 0.1) is 11.4 Å². The van der Waals surface area contributed by atoms with Gasteiger partial charge in [-0.25, -0.2) is 10.1 Å². The fraction of sp³-hybridized carbons (Fsp3) is 0.222. The molecule has 0 spiro atoms. The van der Waals surface area contributed by atoms with Gasteiger partial charge in [-0.3, -0.25) is 4.79 Å². The van der Waals surface area contributed by atoms with E-state index in [1.807, 2.05) is 44.3 Å². The molecule has 0 atom stereocenters. The summed E-state index contributed by atoms with van der Waals surface area (Å²) < 4.78 is 7.73. The molecule has 0 saturated carbocycles. The maximum absolute atomic E-state index is 12.9. The molecular formula is C18H19N11O2S. The predicted molar refractivity (Wildman–Crippen MR) is 115 cm³/mol. The van der Waals surface area contributed by atoms with E-state index in [2.05, 4.69) is 46.0 Å². The van der Waals surface area contributed by atoms with Crippen LogP contribution in [0, 0.1) is 0 Å². The van der Waals surface area contributed by atoms with Crippen LogP contribution < -0.4 is 11.2 Å². The Balaban J connectivity index is 1.63. The van der Waals surface area contributed by atoms with Gasteiger partial charge in [0, 0.05) is 12.8 Å². The van der Waals surface area contributed by atoms with Gasteiger partial charge in [-0.05, 0) is 22.3 Å². The number of hydrogen-bond donors (Lipinski definition) is 2. The summed E-state index contributed by atoms with van der Waals surface area (Å²) in [7, 11) is 1.82. The molecule has 0 bridgehead atoms. The number of nitrogens with zero attached hydrogens (tertiary/aromatic N) is 9. The number of thioether (sulfide) groups is 1. The molecule has 0 aliphatic rings. The predicted octanol–water partition coefficient (Wildman–Crippen LogP) is 1.20. The van der Waals surface area contributed by atoms with Crippen molar-refractivity contribution in [2.75, 3.05) is 5.73 Å². The zero-order valence-corrected chi connectivity index (χ0v) is 18.0. The third-order valence-corrected chi connectivity index (χ3v) is 5.46. The van der Waals surface area contributed by atoms with Crippen molar-refractivity contribution in [3.63, 3.8) is 0 Å². The Morgan fingerprint density at radius 1 is 1.25 bits per heavy atom. The fourth-order valence-electron chi connectivity index (χ4n) is 2.80. The van der Waals surface area contributed by atoms with Crippen LogP contribution in [0.4, 0.5) is 5.82 Å². The number of nitrogen functional groups attached to an aromatic ring is 1. The lowest BCUT2D eigenvalue weighted by Crippen LogP contribution is -2.22. The molecule has 1 amide bonds. The number of hydrazone groups is 1. The molecule has 0 saturated heterocycles. The van der Waals surface area contributed by atoms with Gasteiger partial charge in [0.15, 0.2) is 10.9 Å². The maximum atomic E-state index is 12.9. The number of aryl methyl sites for hydroxylation is 1. The Morgan fingerprint density at radius 2 is 2.06 bits per heavy atom. The molecule has 4 aromatic rings. The van der Waals surface area contributed by atoms with Gasteiger partial charge in [0.1, 0.15) is 6.33 Å². The monoisotopic (exact) mass is 453 g/mol. The smallest absolute Gasteiger partial charge is 0.293 e. The number of anilines is 1. The lowest BCUT2D eigenvalue weighted by atomic mass is 10.1. The molecule has 0 fully saturated rings. The van der Waals surface area contributed by atoms with Gasteiger partial charge in [0.25, 0.3) is 5.91 Å². The van der Waals surface area contributed by atoms with Crippen LogP contribution in [0.3, 0.4) is 0 Å². The normalized spacial score (nSPS) is 11.6. The molecule has 3 aromatic heterocycles. The summed E-state index contributed by atoms with van der Waals surface area (Å²) >= 11 is 1.34. The molecular weight excluding hydrogens is 434 g/mol.